The molecule has 9 nitrogen and oxygen atoms in total. The quantitative estimate of drug-likeness (QED) is 0.216. The molecule has 6 rings (SSSR count). The number of hydrogen-bond donors (Lipinski definition) is 0. The summed E-state index contributed by atoms with van der Waals surface area (Å²) in [6.07, 6.45) is 11.7. The lowest BCUT2D eigenvalue weighted by molar-refractivity contribution is -0.124. The molecular weight excluding hydrogens is 614 g/mol. The van der Waals surface area contributed by atoms with Gasteiger partial charge in [0.05, 0.1) is 18.9 Å². The van der Waals surface area contributed by atoms with Crippen molar-refractivity contribution >= 4 is 17.7 Å². The van der Waals surface area contributed by atoms with E-state index in [2.05, 4.69) is 62.4 Å². The van der Waals surface area contributed by atoms with Crippen LogP contribution in [-0.4, -0.2) is 59.5 Å². The predicted octanol–water partition coefficient (Wildman–Crippen LogP) is 8.36. The summed E-state index contributed by atoms with van der Waals surface area (Å²) >= 11 is 0. The van der Waals surface area contributed by atoms with Crippen molar-refractivity contribution in [2.24, 2.45) is 17.8 Å². The highest BCUT2D eigenvalue weighted by Gasteiger charge is 2.36. The van der Waals surface area contributed by atoms with Crippen molar-refractivity contribution in [1.82, 2.24) is 14.7 Å². The largest absolute Gasteiger partial charge is 0.495 e. The van der Waals surface area contributed by atoms with Gasteiger partial charge in [-0.15, -0.1) is 0 Å². The zero-order chi connectivity index (χ0) is 34.5. The molecule has 0 N–H and O–H groups in total. The fraction of sp³-hybridized carbons (Fsp3) is 0.550. The monoisotopic (exact) mass is 665 g/mol. The Morgan fingerprint density at radius 2 is 1.73 bits per heavy atom. The van der Waals surface area contributed by atoms with Crippen molar-refractivity contribution in [1.29, 1.82) is 5.26 Å². The molecule has 2 aliphatic carbocycles. The van der Waals surface area contributed by atoms with Gasteiger partial charge in [-0.05, 0) is 125 Å². The van der Waals surface area contributed by atoms with Crippen LogP contribution in [0.1, 0.15) is 102 Å². The van der Waals surface area contributed by atoms with E-state index in [9.17, 15) is 14.9 Å². The minimum atomic E-state index is -0.201. The Morgan fingerprint density at radius 1 is 0.980 bits per heavy atom. The third-order valence-electron chi connectivity index (χ3n) is 11.1. The molecule has 1 aromatic heterocycles. The summed E-state index contributed by atoms with van der Waals surface area (Å²) in [4.78, 5) is 30.9. The molecule has 3 fully saturated rings. The number of aromatic nitrogens is 2. The molecule has 0 atom stereocenters. The van der Waals surface area contributed by atoms with Crippen LogP contribution in [0, 0.1) is 29.1 Å². The van der Waals surface area contributed by atoms with Crippen LogP contribution in [0.25, 0.3) is 11.1 Å². The van der Waals surface area contributed by atoms with Crippen molar-refractivity contribution in [3.05, 3.63) is 66.0 Å². The van der Waals surface area contributed by atoms with Crippen LogP contribution < -0.4 is 9.64 Å². The van der Waals surface area contributed by atoms with E-state index in [-0.39, 0.29) is 30.1 Å². The van der Waals surface area contributed by atoms with E-state index >= 15 is 0 Å². The average molecular weight is 666 g/mol. The second-order valence-corrected chi connectivity index (χ2v) is 14.6. The number of carbonyl (C=O) groups is 2. The van der Waals surface area contributed by atoms with Crippen molar-refractivity contribution in [3.8, 4) is 22.9 Å². The molecule has 3 aromatic rings. The maximum Gasteiger partial charge on any atom is 0.410 e. The number of amides is 2. The van der Waals surface area contributed by atoms with Crippen molar-refractivity contribution in [3.63, 3.8) is 0 Å². The van der Waals surface area contributed by atoms with Crippen LogP contribution >= 0.6 is 0 Å². The molecule has 0 unspecified atom stereocenters. The molecule has 260 valence electrons. The van der Waals surface area contributed by atoms with Gasteiger partial charge in [0.25, 0.3) is 0 Å². The first-order chi connectivity index (χ1) is 23.8. The third kappa shape index (κ3) is 7.95. The van der Waals surface area contributed by atoms with Crippen LogP contribution in [0.4, 0.5) is 10.5 Å². The minimum absolute atomic E-state index is 0.101. The summed E-state index contributed by atoms with van der Waals surface area (Å²) < 4.78 is 13.2. The Labute approximate surface area is 291 Å². The maximum absolute atomic E-state index is 14.4. The van der Waals surface area contributed by atoms with Crippen LogP contribution in [0.2, 0.25) is 0 Å². The van der Waals surface area contributed by atoms with Crippen molar-refractivity contribution < 1.29 is 19.1 Å². The Morgan fingerprint density at radius 3 is 2.39 bits per heavy atom. The molecule has 2 saturated carbocycles. The second kappa shape index (κ2) is 15.5. The average Bonchev–Trinajstić information content (AvgIpc) is 3.61. The van der Waals surface area contributed by atoms with Crippen molar-refractivity contribution in [2.75, 3.05) is 31.6 Å². The highest BCUT2D eigenvalue weighted by Crippen LogP contribution is 2.39. The van der Waals surface area contributed by atoms with Gasteiger partial charge in [0.15, 0.2) is 0 Å². The lowest BCUT2D eigenvalue weighted by Crippen LogP contribution is -2.50. The Balaban J connectivity index is 1.14. The van der Waals surface area contributed by atoms with E-state index in [1.54, 1.807) is 12.0 Å². The van der Waals surface area contributed by atoms with Crippen LogP contribution in [-0.2, 0) is 9.53 Å². The topological polar surface area (TPSA) is 101 Å². The number of ether oxygens (including phenoxy) is 2. The Hall–Kier alpha value is -4.32. The van der Waals surface area contributed by atoms with Gasteiger partial charge < -0.3 is 19.3 Å². The summed E-state index contributed by atoms with van der Waals surface area (Å²) in [5.41, 5.74) is 4.77. The molecule has 1 saturated heterocycles. The first-order valence-corrected chi connectivity index (χ1v) is 18.3. The molecule has 2 aromatic carbocycles. The van der Waals surface area contributed by atoms with E-state index < -0.39 is 0 Å². The van der Waals surface area contributed by atoms with Gasteiger partial charge in [-0.2, -0.15) is 10.4 Å². The number of anilines is 1. The zero-order valence-corrected chi connectivity index (χ0v) is 29.5. The Kier molecular flexibility index (Phi) is 10.9. The maximum atomic E-state index is 14.4. The number of nitriles is 1. The number of benzene rings is 2. The van der Waals surface area contributed by atoms with Gasteiger partial charge in [0.1, 0.15) is 17.9 Å². The van der Waals surface area contributed by atoms with Gasteiger partial charge >= 0.3 is 6.09 Å². The predicted molar refractivity (Wildman–Crippen MR) is 190 cm³/mol. The number of likely N-dealkylation sites (tertiary alicyclic amines) is 1. The van der Waals surface area contributed by atoms with Crippen LogP contribution in [0.5, 0.6) is 5.75 Å². The summed E-state index contributed by atoms with van der Waals surface area (Å²) in [6, 6.07) is 16.8. The molecule has 2 heterocycles. The number of carbonyl (C=O) groups excluding carboxylic acids is 2. The highest BCUT2D eigenvalue weighted by molar-refractivity contribution is 5.95. The van der Waals surface area contributed by atoms with Crippen LogP contribution in [0.15, 0.2) is 54.9 Å². The lowest BCUT2D eigenvalue weighted by atomic mass is 9.78. The highest BCUT2D eigenvalue weighted by atomic mass is 16.6. The minimum Gasteiger partial charge on any atom is -0.495 e. The van der Waals surface area contributed by atoms with E-state index in [1.165, 1.54) is 5.56 Å². The number of nitrogens with zero attached hydrogens (tertiary/aromatic N) is 5. The second-order valence-electron chi connectivity index (χ2n) is 14.6. The van der Waals surface area contributed by atoms with Gasteiger partial charge in [-0.25, -0.2) is 4.79 Å². The third-order valence-corrected chi connectivity index (χ3v) is 11.1. The molecule has 0 spiro atoms. The normalized spacial score (nSPS) is 22.7. The fourth-order valence-corrected chi connectivity index (χ4v) is 7.79. The van der Waals surface area contributed by atoms with E-state index in [0.717, 1.165) is 74.8 Å². The zero-order valence-electron chi connectivity index (χ0n) is 29.5. The fourth-order valence-electron chi connectivity index (χ4n) is 7.79. The van der Waals surface area contributed by atoms with E-state index in [0.29, 0.717) is 48.5 Å². The summed E-state index contributed by atoms with van der Waals surface area (Å²) in [5.74, 6) is 2.04. The van der Waals surface area contributed by atoms with E-state index in [4.69, 9.17) is 9.47 Å². The first-order valence-electron chi connectivity index (χ1n) is 18.3. The molecule has 1 aliphatic heterocycles. The van der Waals surface area contributed by atoms with Gasteiger partial charge in [0.2, 0.25) is 5.91 Å². The summed E-state index contributed by atoms with van der Waals surface area (Å²) in [5, 5.41) is 14.2. The summed E-state index contributed by atoms with van der Waals surface area (Å²) in [6.45, 7) is 8.64. The van der Waals surface area contributed by atoms with Gasteiger partial charge in [-0.1, -0.05) is 25.1 Å². The lowest BCUT2D eigenvalue weighted by Gasteiger charge is -2.39. The molecule has 9 heteroatoms. The summed E-state index contributed by atoms with van der Waals surface area (Å²) in [7, 11) is 1.60. The van der Waals surface area contributed by atoms with Gasteiger partial charge in [-0.3, -0.25) is 9.48 Å². The Bertz CT molecular complexity index is 1640. The van der Waals surface area contributed by atoms with Crippen LogP contribution in [0.3, 0.4) is 0 Å². The smallest absolute Gasteiger partial charge is 0.410 e. The molecular formula is C40H51N5O4. The molecule has 0 bridgehead atoms. The molecule has 0 radical (unpaired) electrons. The molecule has 49 heavy (non-hydrogen) atoms. The SMILES string of the molecule is CCC1CN(C(=O)OC2CCC(C(=O)N(CC3CCC(c4ccc(OC)c(C#N)c4)CC3)c3cccc(-c4cnn(C(C)C)c4)c3)CC2)C1. The van der Waals surface area contributed by atoms with Crippen molar-refractivity contribution in [2.45, 2.75) is 96.6 Å². The standard InChI is InChI=1S/C40H51N5O4/c1-5-28-23-43(24-28)40(47)49-37-16-13-31(14-17-37)39(46)44(36-8-6-7-32(20-36)35-22-42-45(26-35)27(2)3)25-29-9-11-30(12-10-29)33-15-18-38(48-4)34(19-33)21-41/h6-8,15,18-20,22,26-31,37H,5,9-14,16-17,23-25H2,1-4H3. The number of methoxy groups -OCH3 is 1. The van der Waals surface area contributed by atoms with E-state index in [1.807, 2.05) is 34.0 Å². The number of hydrogen-bond acceptors (Lipinski definition) is 6. The number of rotatable bonds is 10. The molecule has 2 amide bonds. The van der Waals surface area contributed by atoms with Gasteiger partial charge in [0, 0.05) is 49.0 Å². The first kappa shape index (κ1) is 34.5. The molecule has 3 aliphatic rings.